The topological polar surface area (TPSA) is 29.5 Å². The molecule has 2 heterocycles. The molecule has 57 heavy (non-hydrogen) atoms. The average molecular weight is 730 g/mol. The van der Waals surface area contributed by atoms with Gasteiger partial charge in [-0.1, -0.05) is 158 Å². The SMILES string of the molecule is c1ccc(-c2cccc(-c3ccc(N(c4ccc(-c5cccc6oc7ccccc7c56)cc4)c4c(-c5ccccc5)ccc5c4oc4ccccc45)cc3)c2)cc1. The molecular weight excluding hydrogens is 695 g/mol. The molecule has 3 heteroatoms. The quantitative estimate of drug-likeness (QED) is 0.164. The van der Waals surface area contributed by atoms with Gasteiger partial charge < -0.3 is 13.7 Å². The van der Waals surface area contributed by atoms with Crippen molar-refractivity contribution < 1.29 is 8.83 Å². The number of anilines is 3. The van der Waals surface area contributed by atoms with Crippen molar-refractivity contribution >= 4 is 60.9 Å². The van der Waals surface area contributed by atoms with Crippen LogP contribution in [0.25, 0.3) is 88.4 Å². The highest BCUT2D eigenvalue weighted by atomic mass is 16.3. The van der Waals surface area contributed by atoms with E-state index in [1.807, 2.05) is 18.2 Å². The second kappa shape index (κ2) is 13.6. The lowest BCUT2D eigenvalue weighted by atomic mass is 9.97. The highest BCUT2D eigenvalue weighted by molar-refractivity contribution is 6.14. The fraction of sp³-hybridized carbons (Fsp3) is 0. The minimum atomic E-state index is 0.843. The summed E-state index contributed by atoms with van der Waals surface area (Å²) in [5.74, 6) is 0. The van der Waals surface area contributed by atoms with Crippen LogP contribution in [0.4, 0.5) is 17.1 Å². The minimum Gasteiger partial charge on any atom is -0.456 e. The van der Waals surface area contributed by atoms with E-state index in [-0.39, 0.29) is 0 Å². The molecule has 0 amide bonds. The number of para-hydroxylation sites is 2. The summed E-state index contributed by atoms with van der Waals surface area (Å²) >= 11 is 0. The Hall–Kier alpha value is -7.62. The van der Waals surface area contributed by atoms with E-state index in [0.29, 0.717) is 0 Å². The number of hydrogen-bond acceptors (Lipinski definition) is 3. The van der Waals surface area contributed by atoms with Crippen molar-refractivity contribution in [3.05, 3.63) is 212 Å². The first-order valence-electron chi connectivity index (χ1n) is 19.3. The van der Waals surface area contributed by atoms with Crippen LogP contribution in [0.15, 0.2) is 221 Å². The first kappa shape index (κ1) is 32.8. The summed E-state index contributed by atoms with van der Waals surface area (Å²) < 4.78 is 13.1. The molecule has 0 aliphatic carbocycles. The Morgan fingerprint density at radius 2 is 0.807 bits per heavy atom. The second-order valence-electron chi connectivity index (χ2n) is 14.5. The van der Waals surface area contributed by atoms with Crippen LogP contribution in [0.3, 0.4) is 0 Å². The van der Waals surface area contributed by atoms with Gasteiger partial charge in [0, 0.05) is 38.5 Å². The molecular formula is C54H35NO2. The van der Waals surface area contributed by atoms with Gasteiger partial charge in [0.1, 0.15) is 16.7 Å². The fourth-order valence-electron chi connectivity index (χ4n) is 8.37. The number of fused-ring (bicyclic) bond motifs is 6. The smallest absolute Gasteiger partial charge is 0.160 e. The minimum absolute atomic E-state index is 0.843. The molecule has 2 aromatic heterocycles. The van der Waals surface area contributed by atoms with Crippen LogP contribution in [-0.2, 0) is 0 Å². The Morgan fingerprint density at radius 3 is 1.51 bits per heavy atom. The van der Waals surface area contributed by atoms with Crippen molar-refractivity contribution in [2.45, 2.75) is 0 Å². The molecule has 11 rings (SSSR count). The standard InChI is InChI=1S/C54H35NO2/c1-3-13-36(14-4-1)40-17-11-18-41(35-40)37-25-29-42(30-26-37)55(43-31-27-39(28-32-43)44-21-12-24-51-52(44)48-20-8-10-23-50(48)56-51)53-45(38-15-5-2-6-16-38)33-34-47-46-19-7-9-22-49(46)57-54(47)53/h1-35H. The molecule has 0 aliphatic heterocycles. The lowest BCUT2D eigenvalue weighted by Crippen LogP contribution is -2.11. The van der Waals surface area contributed by atoms with Crippen LogP contribution in [-0.4, -0.2) is 0 Å². The largest absolute Gasteiger partial charge is 0.456 e. The molecule has 9 aromatic carbocycles. The highest BCUT2D eigenvalue weighted by Gasteiger charge is 2.24. The number of benzene rings is 9. The van der Waals surface area contributed by atoms with E-state index < -0.39 is 0 Å². The molecule has 0 bridgehead atoms. The van der Waals surface area contributed by atoms with Gasteiger partial charge >= 0.3 is 0 Å². The van der Waals surface area contributed by atoms with E-state index in [1.54, 1.807) is 0 Å². The van der Waals surface area contributed by atoms with Crippen LogP contribution in [0.1, 0.15) is 0 Å². The first-order chi connectivity index (χ1) is 28.3. The summed E-state index contributed by atoms with van der Waals surface area (Å²) in [7, 11) is 0. The lowest BCUT2D eigenvalue weighted by molar-refractivity contribution is 0.668. The van der Waals surface area contributed by atoms with Gasteiger partial charge in [0.05, 0.1) is 5.69 Å². The molecule has 3 nitrogen and oxygen atoms in total. The van der Waals surface area contributed by atoms with Crippen molar-refractivity contribution in [2.75, 3.05) is 4.90 Å². The van der Waals surface area contributed by atoms with Crippen molar-refractivity contribution in [3.63, 3.8) is 0 Å². The van der Waals surface area contributed by atoms with E-state index in [4.69, 9.17) is 8.83 Å². The van der Waals surface area contributed by atoms with E-state index in [1.165, 1.54) is 16.7 Å². The molecule has 0 saturated heterocycles. The van der Waals surface area contributed by atoms with Crippen molar-refractivity contribution in [2.24, 2.45) is 0 Å². The van der Waals surface area contributed by atoms with Crippen molar-refractivity contribution in [1.82, 2.24) is 0 Å². The summed E-state index contributed by atoms with van der Waals surface area (Å²) in [5, 5.41) is 4.42. The molecule has 0 spiro atoms. The Morgan fingerprint density at radius 1 is 0.298 bits per heavy atom. The Bertz CT molecular complexity index is 3210. The molecule has 0 fully saturated rings. The molecule has 0 atom stereocenters. The summed E-state index contributed by atoms with van der Waals surface area (Å²) in [6.45, 7) is 0. The van der Waals surface area contributed by atoms with Crippen molar-refractivity contribution in [1.29, 1.82) is 0 Å². The highest BCUT2D eigenvalue weighted by Crippen LogP contribution is 2.48. The zero-order valence-electron chi connectivity index (χ0n) is 31.0. The van der Waals surface area contributed by atoms with Gasteiger partial charge in [0.25, 0.3) is 0 Å². The van der Waals surface area contributed by atoms with E-state index in [0.717, 1.165) is 88.8 Å². The fourth-order valence-corrected chi connectivity index (χ4v) is 8.37. The number of hydrogen-bond donors (Lipinski definition) is 0. The molecule has 0 radical (unpaired) electrons. The average Bonchev–Trinajstić information content (AvgIpc) is 3.87. The Balaban J connectivity index is 1.10. The first-order valence-corrected chi connectivity index (χ1v) is 19.3. The maximum absolute atomic E-state index is 6.84. The van der Waals surface area contributed by atoms with Crippen LogP contribution in [0.5, 0.6) is 0 Å². The monoisotopic (exact) mass is 729 g/mol. The van der Waals surface area contributed by atoms with Crippen LogP contribution in [0, 0.1) is 0 Å². The van der Waals surface area contributed by atoms with Gasteiger partial charge in [-0.25, -0.2) is 0 Å². The molecule has 0 unspecified atom stereocenters. The van der Waals surface area contributed by atoms with Crippen molar-refractivity contribution in [3.8, 4) is 44.5 Å². The normalized spacial score (nSPS) is 11.5. The predicted octanol–water partition coefficient (Wildman–Crippen LogP) is 15.6. The number of rotatable bonds is 7. The zero-order valence-corrected chi connectivity index (χ0v) is 31.0. The van der Waals surface area contributed by atoms with Gasteiger partial charge in [-0.05, 0) is 93.5 Å². The third-order valence-corrected chi connectivity index (χ3v) is 11.1. The number of furan rings is 2. The van der Waals surface area contributed by atoms with Crippen LogP contribution in [0.2, 0.25) is 0 Å². The third kappa shape index (κ3) is 5.68. The molecule has 268 valence electrons. The predicted molar refractivity (Wildman–Crippen MR) is 237 cm³/mol. The number of nitrogens with zero attached hydrogens (tertiary/aromatic N) is 1. The van der Waals surface area contributed by atoms with E-state index >= 15 is 0 Å². The van der Waals surface area contributed by atoms with Gasteiger partial charge in [-0.15, -0.1) is 0 Å². The summed E-state index contributed by atoms with van der Waals surface area (Å²) in [5.41, 5.74) is 15.7. The zero-order chi connectivity index (χ0) is 37.7. The molecule has 11 aromatic rings. The van der Waals surface area contributed by atoms with Crippen LogP contribution < -0.4 is 4.90 Å². The summed E-state index contributed by atoms with van der Waals surface area (Å²) in [6, 6.07) is 75.1. The second-order valence-corrected chi connectivity index (χ2v) is 14.5. The van der Waals surface area contributed by atoms with E-state index in [9.17, 15) is 0 Å². The summed E-state index contributed by atoms with van der Waals surface area (Å²) in [6.07, 6.45) is 0. The summed E-state index contributed by atoms with van der Waals surface area (Å²) in [4.78, 5) is 2.36. The molecule has 0 N–H and O–H groups in total. The molecule has 0 aliphatic rings. The molecule has 0 saturated carbocycles. The van der Waals surface area contributed by atoms with Gasteiger partial charge in [0.15, 0.2) is 5.58 Å². The Kier molecular flexibility index (Phi) is 7.82. The van der Waals surface area contributed by atoms with Gasteiger partial charge in [-0.3, -0.25) is 0 Å². The van der Waals surface area contributed by atoms with E-state index in [2.05, 4.69) is 199 Å². The van der Waals surface area contributed by atoms with Gasteiger partial charge in [0.2, 0.25) is 0 Å². The maximum Gasteiger partial charge on any atom is 0.160 e. The van der Waals surface area contributed by atoms with Gasteiger partial charge in [-0.2, -0.15) is 0 Å². The third-order valence-electron chi connectivity index (χ3n) is 11.1. The maximum atomic E-state index is 6.84. The van der Waals surface area contributed by atoms with Crippen LogP contribution >= 0.6 is 0 Å². The lowest BCUT2D eigenvalue weighted by Gasteiger charge is -2.28. The Labute approximate surface area is 330 Å².